The van der Waals surface area contributed by atoms with E-state index in [2.05, 4.69) is 41.3 Å². The van der Waals surface area contributed by atoms with Gasteiger partial charge in [0.2, 0.25) is 0 Å². The fourth-order valence-corrected chi connectivity index (χ4v) is 1.17. The molecule has 2 nitrogen and oxygen atoms in total. The molecule has 58 valence electrons. The summed E-state index contributed by atoms with van der Waals surface area (Å²) in [5.41, 5.74) is 1.13. The fraction of sp³-hybridized carbons (Fsp3) is 0.714. The van der Waals surface area contributed by atoms with E-state index in [0.29, 0.717) is 12.5 Å². The second-order valence-electron chi connectivity index (χ2n) is 2.32. The summed E-state index contributed by atoms with van der Waals surface area (Å²) >= 11 is 2.31. The maximum Gasteiger partial charge on any atom is 0.0848 e. The van der Waals surface area contributed by atoms with Gasteiger partial charge in [-0.25, -0.2) is 0 Å². The lowest BCUT2D eigenvalue weighted by Crippen LogP contribution is -2.00. The molecule has 0 aliphatic rings. The van der Waals surface area contributed by atoms with Crippen molar-refractivity contribution in [2.75, 3.05) is 11.0 Å². The van der Waals surface area contributed by atoms with Crippen LogP contribution in [0.1, 0.15) is 13.3 Å². The molecule has 0 spiro atoms. The van der Waals surface area contributed by atoms with E-state index in [1.807, 2.05) is 0 Å². The zero-order valence-corrected chi connectivity index (χ0v) is 8.30. The fourth-order valence-electron chi connectivity index (χ4n) is 0.545. The minimum Gasteiger partial charge on any atom is -0.151 e. The molecule has 0 unspecified atom stereocenters. The van der Waals surface area contributed by atoms with Crippen molar-refractivity contribution in [3.63, 3.8) is 0 Å². The molecule has 0 aliphatic heterocycles. The van der Waals surface area contributed by atoms with Gasteiger partial charge in [-0.2, -0.15) is 4.91 Å². The largest absolute Gasteiger partial charge is 0.151 e. The van der Waals surface area contributed by atoms with Crippen LogP contribution in [0.5, 0.6) is 0 Å². The number of nitrogens with zero attached hydrogens (tertiary/aromatic N) is 1. The van der Waals surface area contributed by atoms with Gasteiger partial charge in [-0.15, -0.1) is 0 Å². The summed E-state index contributed by atoms with van der Waals surface area (Å²) in [6.45, 7) is 6.34. The van der Waals surface area contributed by atoms with Gasteiger partial charge >= 0.3 is 0 Å². The van der Waals surface area contributed by atoms with E-state index in [-0.39, 0.29) is 0 Å². The highest BCUT2D eigenvalue weighted by atomic mass is 127. The molecule has 0 radical (unpaired) electrons. The molecule has 3 heteroatoms. The first-order chi connectivity index (χ1) is 4.72. The molecule has 0 saturated heterocycles. The third-order valence-corrected chi connectivity index (χ3v) is 2.77. The smallest absolute Gasteiger partial charge is 0.0848 e. The Morgan fingerprint density at radius 1 is 1.80 bits per heavy atom. The van der Waals surface area contributed by atoms with Crippen molar-refractivity contribution in [2.45, 2.75) is 13.3 Å². The first-order valence-electron chi connectivity index (χ1n) is 3.25. The second kappa shape index (κ2) is 5.82. The van der Waals surface area contributed by atoms with Crippen molar-refractivity contribution in [3.05, 3.63) is 17.1 Å². The number of nitroso groups, excluding NO2 is 1. The summed E-state index contributed by atoms with van der Waals surface area (Å²) < 4.78 is 1.06. The van der Waals surface area contributed by atoms with Gasteiger partial charge in [0.25, 0.3) is 0 Å². The zero-order chi connectivity index (χ0) is 7.98. The third kappa shape index (κ3) is 3.98. The molecule has 0 heterocycles. The highest BCUT2D eigenvalue weighted by molar-refractivity contribution is 14.1. The van der Waals surface area contributed by atoms with E-state index >= 15 is 0 Å². The van der Waals surface area contributed by atoms with Gasteiger partial charge in [0, 0.05) is 4.43 Å². The van der Waals surface area contributed by atoms with Crippen LogP contribution in [0, 0.1) is 10.8 Å². The van der Waals surface area contributed by atoms with Crippen LogP contribution in [0.15, 0.2) is 17.3 Å². The van der Waals surface area contributed by atoms with Crippen molar-refractivity contribution < 1.29 is 0 Å². The summed E-state index contributed by atoms with van der Waals surface area (Å²) in [7, 11) is 0. The molecule has 10 heavy (non-hydrogen) atoms. The van der Waals surface area contributed by atoms with E-state index in [1.54, 1.807) is 0 Å². The van der Waals surface area contributed by atoms with Gasteiger partial charge in [0.1, 0.15) is 0 Å². The van der Waals surface area contributed by atoms with Crippen LogP contribution in [-0.2, 0) is 0 Å². The van der Waals surface area contributed by atoms with Crippen LogP contribution >= 0.6 is 22.6 Å². The lowest BCUT2D eigenvalue weighted by Gasteiger charge is -2.08. The van der Waals surface area contributed by atoms with Gasteiger partial charge in [0.05, 0.1) is 6.54 Å². The SMILES string of the molecule is C=C(CCN=O)[C@H](C)CI. The Morgan fingerprint density at radius 3 is 2.80 bits per heavy atom. The van der Waals surface area contributed by atoms with Crippen LogP contribution in [-0.4, -0.2) is 11.0 Å². The van der Waals surface area contributed by atoms with Crippen LogP contribution in [0.2, 0.25) is 0 Å². The standard InChI is InChI=1S/C7H12INO/c1-6(3-4-9-10)7(2)5-8/h7H,1,3-5H2,2H3/t7-/m1/s1. The van der Waals surface area contributed by atoms with E-state index in [9.17, 15) is 4.91 Å². The number of alkyl halides is 1. The molecule has 0 aliphatic carbocycles. The van der Waals surface area contributed by atoms with Crippen LogP contribution in [0.4, 0.5) is 0 Å². The summed E-state index contributed by atoms with van der Waals surface area (Å²) in [5, 5.41) is 2.78. The monoisotopic (exact) mass is 253 g/mol. The Bertz CT molecular complexity index is 125. The van der Waals surface area contributed by atoms with Gasteiger partial charge < -0.3 is 0 Å². The van der Waals surface area contributed by atoms with Crippen molar-refractivity contribution >= 4 is 22.6 Å². The Hall–Kier alpha value is 0.0700. The molecule has 0 amide bonds. The van der Waals surface area contributed by atoms with Crippen LogP contribution in [0.3, 0.4) is 0 Å². The van der Waals surface area contributed by atoms with Crippen molar-refractivity contribution in [3.8, 4) is 0 Å². The predicted octanol–water partition coefficient (Wildman–Crippen LogP) is 2.77. The molecule has 0 rings (SSSR count). The topological polar surface area (TPSA) is 29.4 Å². The number of hydrogen-bond donors (Lipinski definition) is 0. The Kier molecular flexibility index (Phi) is 5.87. The highest BCUT2D eigenvalue weighted by Crippen LogP contribution is 2.14. The first-order valence-corrected chi connectivity index (χ1v) is 4.77. The van der Waals surface area contributed by atoms with Crippen molar-refractivity contribution in [1.82, 2.24) is 0 Å². The van der Waals surface area contributed by atoms with E-state index in [1.165, 1.54) is 0 Å². The molecule has 0 bridgehead atoms. The molecular formula is C7H12INO. The molecule has 0 aromatic carbocycles. The predicted molar refractivity (Wildman–Crippen MR) is 52.5 cm³/mol. The molecule has 0 aromatic heterocycles. The maximum atomic E-state index is 9.73. The van der Waals surface area contributed by atoms with Gasteiger partial charge in [0.15, 0.2) is 0 Å². The minimum atomic E-state index is 0.375. The molecule has 1 atom stereocenters. The summed E-state index contributed by atoms with van der Waals surface area (Å²) in [6, 6.07) is 0. The first kappa shape index (κ1) is 10.1. The van der Waals surface area contributed by atoms with E-state index in [4.69, 9.17) is 0 Å². The molecular weight excluding hydrogens is 241 g/mol. The Morgan fingerprint density at radius 2 is 2.40 bits per heavy atom. The highest BCUT2D eigenvalue weighted by Gasteiger charge is 2.03. The zero-order valence-electron chi connectivity index (χ0n) is 6.14. The second-order valence-corrected chi connectivity index (χ2v) is 3.20. The molecule has 0 N–H and O–H groups in total. The van der Waals surface area contributed by atoms with Crippen LogP contribution < -0.4 is 0 Å². The Balaban J connectivity index is 3.51. The minimum absolute atomic E-state index is 0.375. The summed E-state index contributed by atoms with van der Waals surface area (Å²) in [6.07, 6.45) is 0.744. The number of hydrogen-bond acceptors (Lipinski definition) is 2. The number of rotatable bonds is 5. The maximum absolute atomic E-state index is 9.73. The molecule has 0 aromatic rings. The average molecular weight is 253 g/mol. The lowest BCUT2D eigenvalue weighted by atomic mass is 10.0. The lowest BCUT2D eigenvalue weighted by molar-refractivity contribution is 0.737. The summed E-state index contributed by atoms with van der Waals surface area (Å²) in [4.78, 5) is 9.73. The molecule has 0 fully saturated rings. The van der Waals surface area contributed by atoms with Gasteiger partial charge in [-0.05, 0) is 12.3 Å². The quantitative estimate of drug-likeness (QED) is 0.320. The normalized spacial score (nSPS) is 12.6. The average Bonchev–Trinajstić information content (AvgIpc) is 1.98. The van der Waals surface area contributed by atoms with Crippen LogP contribution in [0.25, 0.3) is 0 Å². The van der Waals surface area contributed by atoms with Gasteiger partial charge in [-0.3, -0.25) is 0 Å². The van der Waals surface area contributed by atoms with E-state index < -0.39 is 0 Å². The molecule has 0 saturated carbocycles. The van der Waals surface area contributed by atoms with Crippen molar-refractivity contribution in [1.29, 1.82) is 0 Å². The van der Waals surface area contributed by atoms with Crippen molar-refractivity contribution in [2.24, 2.45) is 11.1 Å². The van der Waals surface area contributed by atoms with E-state index in [0.717, 1.165) is 16.4 Å². The summed E-state index contributed by atoms with van der Waals surface area (Å²) in [5.74, 6) is 0.516. The Labute approximate surface area is 75.2 Å². The number of halogens is 1. The third-order valence-electron chi connectivity index (χ3n) is 1.45. The van der Waals surface area contributed by atoms with Gasteiger partial charge in [-0.1, -0.05) is 46.8 Å².